The quantitative estimate of drug-likeness (QED) is 0.740. The van der Waals surface area contributed by atoms with Crippen LogP contribution in [0.5, 0.6) is 5.75 Å². The topological polar surface area (TPSA) is 30.5 Å². The van der Waals surface area contributed by atoms with E-state index in [1.54, 1.807) is 0 Å². The van der Waals surface area contributed by atoms with Crippen LogP contribution in [-0.2, 0) is 4.74 Å². The van der Waals surface area contributed by atoms with Crippen molar-refractivity contribution in [1.82, 2.24) is 5.32 Å². The van der Waals surface area contributed by atoms with Crippen LogP contribution in [0.4, 0.5) is 0 Å². The fourth-order valence-corrected chi connectivity index (χ4v) is 2.77. The molecule has 20 heavy (non-hydrogen) atoms. The summed E-state index contributed by atoms with van der Waals surface area (Å²) >= 11 is 0. The van der Waals surface area contributed by atoms with Crippen molar-refractivity contribution in [3.05, 3.63) is 30.3 Å². The summed E-state index contributed by atoms with van der Waals surface area (Å²) in [5.74, 6) is 1.72. The summed E-state index contributed by atoms with van der Waals surface area (Å²) in [5, 5.41) is 3.61. The summed E-state index contributed by atoms with van der Waals surface area (Å²) in [6, 6.07) is 10.6. The zero-order valence-corrected chi connectivity index (χ0v) is 12.5. The van der Waals surface area contributed by atoms with Gasteiger partial charge in [-0.25, -0.2) is 0 Å². The van der Waals surface area contributed by atoms with Gasteiger partial charge in [-0.3, -0.25) is 0 Å². The van der Waals surface area contributed by atoms with E-state index in [2.05, 4.69) is 12.2 Å². The predicted octanol–water partition coefficient (Wildman–Crippen LogP) is 3.25. The zero-order valence-electron chi connectivity index (χ0n) is 12.5. The van der Waals surface area contributed by atoms with Crippen LogP contribution < -0.4 is 10.1 Å². The van der Waals surface area contributed by atoms with Gasteiger partial charge in [0.15, 0.2) is 0 Å². The minimum absolute atomic E-state index is 0.615. The van der Waals surface area contributed by atoms with Gasteiger partial charge < -0.3 is 14.8 Å². The third kappa shape index (κ3) is 5.51. The number of para-hydroxylation sites is 1. The molecule has 0 bridgehead atoms. The van der Waals surface area contributed by atoms with Crippen LogP contribution in [0.25, 0.3) is 0 Å². The number of rotatable bonds is 8. The molecule has 0 amide bonds. The van der Waals surface area contributed by atoms with Crippen LogP contribution in [0.2, 0.25) is 0 Å². The van der Waals surface area contributed by atoms with Crippen molar-refractivity contribution in [2.24, 2.45) is 5.92 Å². The van der Waals surface area contributed by atoms with Gasteiger partial charge in [0.2, 0.25) is 0 Å². The first kappa shape index (κ1) is 15.3. The first-order chi connectivity index (χ1) is 9.86. The second kappa shape index (κ2) is 8.98. The smallest absolute Gasteiger partial charge is 0.119 e. The van der Waals surface area contributed by atoms with Crippen LogP contribution in [0.3, 0.4) is 0 Å². The molecule has 0 aliphatic heterocycles. The van der Waals surface area contributed by atoms with Gasteiger partial charge in [-0.2, -0.15) is 0 Å². The predicted molar refractivity (Wildman–Crippen MR) is 82.2 cm³/mol. The van der Waals surface area contributed by atoms with Crippen LogP contribution in [-0.4, -0.2) is 32.4 Å². The van der Waals surface area contributed by atoms with Gasteiger partial charge in [0, 0.05) is 12.6 Å². The standard InChI is InChI=1S/C17H27NO2/c1-15-7-5-6-10-17(15)18-11-12-19-13-14-20-16-8-3-2-4-9-16/h2-4,8-9,15,17-18H,5-7,10-14H2,1H3. The Morgan fingerprint density at radius 3 is 2.65 bits per heavy atom. The maximum atomic E-state index is 5.59. The van der Waals surface area contributed by atoms with Gasteiger partial charge in [0.05, 0.1) is 13.2 Å². The Morgan fingerprint density at radius 1 is 1.05 bits per heavy atom. The monoisotopic (exact) mass is 277 g/mol. The fourth-order valence-electron chi connectivity index (χ4n) is 2.77. The third-order valence-corrected chi connectivity index (χ3v) is 4.00. The molecule has 1 N–H and O–H groups in total. The van der Waals surface area contributed by atoms with Crippen LogP contribution in [0.15, 0.2) is 30.3 Å². The van der Waals surface area contributed by atoms with Gasteiger partial charge in [-0.1, -0.05) is 38.0 Å². The molecule has 0 spiro atoms. The number of hydrogen-bond donors (Lipinski definition) is 1. The maximum absolute atomic E-state index is 5.59. The summed E-state index contributed by atoms with van der Waals surface area (Å²) in [6.45, 7) is 5.33. The van der Waals surface area contributed by atoms with E-state index in [1.807, 2.05) is 30.3 Å². The number of ether oxygens (including phenoxy) is 2. The average molecular weight is 277 g/mol. The Bertz CT molecular complexity index is 355. The normalized spacial score (nSPS) is 22.6. The molecule has 2 atom stereocenters. The van der Waals surface area contributed by atoms with E-state index in [1.165, 1.54) is 25.7 Å². The lowest BCUT2D eigenvalue weighted by Crippen LogP contribution is -2.39. The molecule has 0 saturated heterocycles. The molecule has 0 radical (unpaired) electrons. The van der Waals surface area contributed by atoms with Crippen molar-refractivity contribution in [3.8, 4) is 5.75 Å². The minimum atomic E-state index is 0.615. The van der Waals surface area contributed by atoms with Gasteiger partial charge in [-0.15, -0.1) is 0 Å². The van der Waals surface area contributed by atoms with E-state index in [0.29, 0.717) is 19.3 Å². The summed E-state index contributed by atoms with van der Waals surface area (Å²) < 4.78 is 11.2. The zero-order chi connectivity index (χ0) is 14.0. The molecule has 2 rings (SSSR count). The molecule has 112 valence electrons. The SMILES string of the molecule is CC1CCCCC1NCCOCCOc1ccccc1. The highest BCUT2D eigenvalue weighted by Crippen LogP contribution is 2.23. The summed E-state index contributed by atoms with van der Waals surface area (Å²) in [5.41, 5.74) is 0. The molecule has 1 saturated carbocycles. The Kier molecular flexibility index (Phi) is 6.89. The molecule has 2 unspecified atom stereocenters. The Morgan fingerprint density at radius 2 is 1.85 bits per heavy atom. The van der Waals surface area contributed by atoms with Crippen LogP contribution in [0.1, 0.15) is 32.6 Å². The molecule has 0 heterocycles. The molecule has 0 aromatic heterocycles. The lowest BCUT2D eigenvalue weighted by Gasteiger charge is -2.29. The Hall–Kier alpha value is -1.06. The third-order valence-electron chi connectivity index (χ3n) is 4.00. The van der Waals surface area contributed by atoms with E-state index in [4.69, 9.17) is 9.47 Å². The van der Waals surface area contributed by atoms with Crippen LogP contribution in [0, 0.1) is 5.92 Å². The largest absolute Gasteiger partial charge is 0.491 e. The summed E-state index contributed by atoms with van der Waals surface area (Å²) in [7, 11) is 0. The van der Waals surface area contributed by atoms with Gasteiger partial charge in [-0.05, 0) is 30.9 Å². The van der Waals surface area contributed by atoms with Crippen molar-refractivity contribution >= 4 is 0 Å². The van der Waals surface area contributed by atoms with Crippen LogP contribution >= 0.6 is 0 Å². The highest BCUT2D eigenvalue weighted by Gasteiger charge is 2.19. The van der Waals surface area contributed by atoms with E-state index in [9.17, 15) is 0 Å². The highest BCUT2D eigenvalue weighted by atomic mass is 16.5. The van der Waals surface area contributed by atoms with E-state index in [-0.39, 0.29) is 0 Å². The van der Waals surface area contributed by atoms with Crippen molar-refractivity contribution in [2.45, 2.75) is 38.6 Å². The molecule has 3 nitrogen and oxygen atoms in total. The summed E-state index contributed by atoms with van der Waals surface area (Å²) in [6.07, 6.45) is 5.45. The first-order valence-corrected chi connectivity index (χ1v) is 7.85. The molecule has 1 fully saturated rings. The van der Waals surface area contributed by atoms with Gasteiger partial charge in [0.25, 0.3) is 0 Å². The van der Waals surface area contributed by atoms with Crippen molar-refractivity contribution < 1.29 is 9.47 Å². The number of hydrogen-bond acceptors (Lipinski definition) is 3. The fraction of sp³-hybridized carbons (Fsp3) is 0.647. The molecule has 1 aliphatic carbocycles. The number of benzene rings is 1. The average Bonchev–Trinajstić information content (AvgIpc) is 2.49. The first-order valence-electron chi connectivity index (χ1n) is 7.85. The molecular formula is C17H27NO2. The lowest BCUT2D eigenvalue weighted by atomic mass is 9.86. The molecular weight excluding hydrogens is 250 g/mol. The van der Waals surface area contributed by atoms with Gasteiger partial charge in [0.1, 0.15) is 12.4 Å². The Labute approximate surface area is 122 Å². The lowest BCUT2D eigenvalue weighted by molar-refractivity contribution is 0.0976. The van der Waals surface area contributed by atoms with Crippen molar-refractivity contribution in [2.75, 3.05) is 26.4 Å². The van der Waals surface area contributed by atoms with E-state index < -0.39 is 0 Å². The minimum Gasteiger partial charge on any atom is -0.491 e. The molecule has 1 aromatic carbocycles. The summed E-state index contributed by atoms with van der Waals surface area (Å²) in [4.78, 5) is 0. The van der Waals surface area contributed by atoms with E-state index >= 15 is 0 Å². The molecule has 1 aromatic rings. The van der Waals surface area contributed by atoms with Crippen molar-refractivity contribution in [3.63, 3.8) is 0 Å². The highest BCUT2D eigenvalue weighted by molar-refractivity contribution is 5.20. The molecule has 3 heteroatoms. The maximum Gasteiger partial charge on any atom is 0.119 e. The van der Waals surface area contributed by atoms with Crippen molar-refractivity contribution in [1.29, 1.82) is 0 Å². The number of nitrogens with one attached hydrogen (secondary N) is 1. The second-order valence-electron chi connectivity index (χ2n) is 5.60. The molecule has 1 aliphatic rings. The van der Waals surface area contributed by atoms with E-state index in [0.717, 1.165) is 24.8 Å². The van der Waals surface area contributed by atoms with Gasteiger partial charge >= 0.3 is 0 Å². The Balaban J connectivity index is 1.45. The second-order valence-corrected chi connectivity index (χ2v) is 5.60.